The van der Waals surface area contributed by atoms with E-state index in [1.54, 1.807) is 11.3 Å². The van der Waals surface area contributed by atoms with E-state index in [4.69, 9.17) is 4.52 Å². The second-order valence-corrected chi connectivity index (χ2v) is 7.50. The molecule has 8 heteroatoms. The van der Waals surface area contributed by atoms with Gasteiger partial charge in [0.2, 0.25) is 11.8 Å². The number of nitrogens with one attached hydrogen (secondary N) is 1. The van der Waals surface area contributed by atoms with Crippen LogP contribution in [-0.2, 0) is 17.6 Å². The van der Waals surface area contributed by atoms with Crippen LogP contribution in [0.3, 0.4) is 0 Å². The van der Waals surface area contributed by atoms with E-state index >= 15 is 0 Å². The molecule has 24 heavy (non-hydrogen) atoms. The van der Waals surface area contributed by atoms with Crippen LogP contribution >= 0.6 is 22.7 Å². The van der Waals surface area contributed by atoms with Crippen molar-refractivity contribution >= 4 is 33.7 Å². The maximum absolute atomic E-state index is 12.0. The number of aromatic nitrogens is 3. The molecule has 3 heterocycles. The van der Waals surface area contributed by atoms with E-state index in [0.29, 0.717) is 29.7 Å². The van der Waals surface area contributed by atoms with E-state index in [2.05, 4.69) is 40.4 Å². The molecule has 3 aromatic rings. The van der Waals surface area contributed by atoms with Gasteiger partial charge >= 0.3 is 0 Å². The third-order valence-electron chi connectivity index (χ3n) is 3.29. The van der Waals surface area contributed by atoms with Gasteiger partial charge in [0.05, 0.1) is 10.6 Å². The quantitative estimate of drug-likeness (QED) is 0.685. The van der Waals surface area contributed by atoms with Crippen LogP contribution in [-0.4, -0.2) is 21.0 Å². The van der Waals surface area contributed by atoms with Crippen molar-refractivity contribution in [2.45, 2.75) is 39.5 Å². The maximum Gasteiger partial charge on any atom is 0.227 e. The van der Waals surface area contributed by atoms with E-state index in [1.807, 2.05) is 11.4 Å². The third-order valence-corrected chi connectivity index (χ3v) is 5.07. The van der Waals surface area contributed by atoms with Crippen LogP contribution in [0, 0.1) is 6.92 Å². The number of thiazole rings is 1. The summed E-state index contributed by atoms with van der Waals surface area (Å²) >= 11 is 3.12. The zero-order valence-electron chi connectivity index (χ0n) is 13.5. The Bertz CT molecular complexity index is 822. The summed E-state index contributed by atoms with van der Waals surface area (Å²) in [6.07, 6.45) is 2.49. The molecule has 0 saturated heterocycles. The van der Waals surface area contributed by atoms with E-state index in [-0.39, 0.29) is 5.91 Å². The van der Waals surface area contributed by atoms with Crippen molar-refractivity contribution in [3.05, 3.63) is 34.1 Å². The molecule has 126 valence electrons. The number of nitrogens with zero attached hydrogens (tertiary/aromatic N) is 3. The Labute approximate surface area is 147 Å². The number of amides is 1. The highest BCUT2D eigenvalue weighted by molar-refractivity contribution is 7.17. The van der Waals surface area contributed by atoms with E-state index in [9.17, 15) is 4.79 Å². The molecular weight excluding hydrogens is 344 g/mol. The fraction of sp³-hybridized carbons (Fsp3) is 0.375. The van der Waals surface area contributed by atoms with Gasteiger partial charge in [-0.1, -0.05) is 12.1 Å². The maximum atomic E-state index is 12.0. The number of thiophene rings is 1. The molecule has 0 unspecified atom stereocenters. The highest BCUT2D eigenvalue weighted by Crippen LogP contribution is 2.30. The highest BCUT2D eigenvalue weighted by Gasteiger charge is 2.12. The van der Waals surface area contributed by atoms with Gasteiger partial charge in [-0.15, -0.1) is 22.7 Å². The van der Waals surface area contributed by atoms with E-state index < -0.39 is 0 Å². The van der Waals surface area contributed by atoms with Crippen LogP contribution in [0.5, 0.6) is 0 Å². The monoisotopic (exact) mass is 362 g/mol. The van der Waals surface area contributed by atoms with Crippen molar-refractivity contribution < 1.29 is 9.32 Å². The molecule has 0 atom stereocenters. The number of carbonyl (C=O) groups is 1. The minimum Gasteiger partial charge on any atom is -0.339 e. The van der Waals surface area contributed by atoms with Crippen molar-refractivity contribution in [2.24, 2.45) is 0 Å². The van der Waals surface area contributed by atoms with Gasteiger partial charge in [0, 0.05) is 29.5 Å². The van der Waals surface area contributed by atoms with Crippen molar-refractivity contribution in [3.8, 4) is 10.6 Å². The Morgan fingerprint density at radius 3 is 2.92 bits per heavy atom. The minimum absolute atomic E-state index is 0.103. The predicted molar refractivity (Wildman–Crippen MR) is 95.4 cm³/mol. The number of carbonyl (C=O) groups excluding carboxylic acids is 1. The first-order valence-corrected chi connectivity index (χ1v) is 9.47. The lowest BCUT2D eigenvalue weighted by Crippen LogP contribution is -2.12. The van der Waals surface area contributed by atoms with Gasteiger partial charge in [0.25, 0.3) is 0 Å². The molecule has 0 radical (unpaired) electrons. The molecule has 3 rings (SSSR count). The molecule has 0 spiro atoms. The topological polar surface area (TPSA) is 80.9 Å². The molecule has 0 aliphatic rings. The second kappa shape index (κ2) is 7.67. The summed E-state index contributed by atoms with van der Waals surface area (Å²) in [6, 6.07) is 4.11. The molecule has 0 aliphatic heterocycles. The molecule has 1 amide bonds. The average Bonchev–Trinajstić information content (AvgIpc) is 3.27. The Morgan fingerprint density at radius 2 is 2.17 bits per heavy atom. The van der Waals surface area contributed by atoms with Crippen LogP contribution < -0.4 is 5.32 Å². The van der Waals surface area contributed by atoms with Crippen molar-refractivity contribution in [2.75, 3.05) is 5.32 Å². The lowest BCUT2D eigenvalue weighted by atomic mass is 10.3. The zero-order valence-corrected chi connectivity index (χ0v) is 15.2. The number of hydrogen-bond acceptors (Lipinski definition) is 7. The Hall–Kier alpha value is -2.06. The van der Waals surface area contributed by atoms with Crippen LogP contribution in [0.2, 0.25) is 0 Å². The van der Waals surface area contributed by atoms with Gasteiger partial charge in [-0.05, 0) is 25.5 Å². The number of hydrogen-bond donors (Lipinski definition) is 1. The van der Waals surface area contributed by atoms with Gasteiger partial charge in [0.1, 0.15) is 0 Å². The molecule has 1 N–H and O–H groups in total. The standard InChI is InChI=1S/C16H18N4O2S2/c1-3-4-13-18-15(22-20-13)8-7-14(21)19-16-17-11(9-23-16)12-6-5-10(2)24-12/h5-6,9H,3-4,7-8H2,1-2H3,(H,17,19,21). The van der Waals surface area contributed by atoms with E-state index in [0.717, 1.165) is 23.4 Å². The van der Waals surface area contributed by atoms with Gasteiger partial charge in [-0.2, -0.15) is 4.98 Å². The van der Waals surface area contributed by atoms with Crippen molar-refractivity contribution in [1.29, 1.82) is 0 Å². The summed E-state index contributed by atoms with van der Waals surface area (Å²) in [5.74, 6) is 1.10. The normalized spacial score (nSPS) is 10.9. The molecule has 0 aliphatic carbocycles. The molecular formula is C16H18N4O2S2. The summed E-state index contributed by atoms with van der Waals surface area (Å²) in [6.45, 7) is 4.12. The Kier molecular flexibility index (Phi) is 5.37. The minimum atomic E-state index is -0.103. The van der Waals surface area contributed by atoms with Gasteiger partial charge in [-0.25, -0.2) is 4.98 Å². The van der Waals surface area contributed by atoms with Crippen molar-refractivity contribution in [3.63, 3.8) is 0 Å². The van der Waals surface area contributed by atoms with Crippen LogP contribution in [0.4, 0.5) is 5.13 Å². The molecule has 0 bridgehead atoms. The molecule has 0 fully saturated rings. The average molecular weight is 362 g/mol. The van der Waals surface area contributed by atoms with Crippen LogP contribution in [0.15, 0.2) is 22.0 Å². The fourth-order valence-corrected chi connectivity index (χ4v) is 3.77. The summed E-state index contributed by atoms with van der Waals surface area (Å²) < 4.78 is 5.13. The van der Waals surface area contributed by atoms with Crippen LogP contribution in [0.25, 0.3) is 10.6 Å². The summed E-state index contributed by atoms with van der Waals surface area (Å²) in [4.78, 5) is 23.1. The Balaban J connectivity index is 1.52. The van der Waals surface area contributed by atoms with Crippen LogP contribution in [0.1, 0.15) is 36.4 Å². The van der Waals surface area contributed by atoms with Gasteiger partial charge < -0.3 is 9.84 Å². The highest BCUT2D eigenvalue weighted by atomic mass is 32.1. The first-order chi connectivity index (χ1) is 11.6. The molecule has 6 nitrogen and oxygen atoms in total. The SMILES string of the molecule is CCCc1noc(CCC(=O)Nc2nc(-c3ccc(C)s3)cs2)n1. The second-order valence-electron chi connectivity index (χ2n) is 5.35. The summed E-state index contributed by atoms with van der Waals surface area (Å²) in [5, 5.41) is 9.27. The molecule has 3 aromatic heterocycles. The fourth-order valence-electron chi connectivity index (χ4n) is 2.14. The summed E-state index contributed by atoms with van der Waals surface area (Å²) in [7, 11) is 0. The number of rotatable bonds is 7. The smallest absolute Gasteiger partial charge is 0.227 e. The predicted octanol–water partition coefficient (Wildman–Crippen LogP) is 4.09. The Morgan fingerprint density at radius 1 is 1.29 bits per heavy atom. The first kappa shape index (κ1) is 16.8. The first-order valence-electron chi connectivity index (χ1n) is 7.77. The lowest BCUT2D eigenvalue weighted by Gasteiger charge is -1.99. The molecule has 0 saturated carbocycles. The lowest BCUT2D eigenvalue weighted by molar-refractivity contribution is -0.116. The summed E-state index contributed by atoms with van der Waals surface area (Å²) in [5.41, 5.74) is 0.898. The number of aryl methyl sites for hydroxylation is 3. The van der Waals surface area contributed by atoms with Gasteiger partial charge in [-0.3, -0.25) is 4.79 Å². The zero-order chi connectivity index (χ0) is 16.9. The molecule has 0 aromatic carbocycles. The van der Waals surface area contributed by atoms with Crippen molar-refractivity contribution in [1.82, 2.24) is 15.1 Å². The van der Waals surface area contributed by atoms with E-state index in [1.165, 1.54) is 16.2 Å². The van der Waals surface area contributed by atoms with Gasteiger partial charge in [0.15, 0.2) is 11.0 Å². The number of anilines is 1. The largest absolute Gasteiger partial charge is 0.339 e. The third kappa shape index (κ3) is 4.27.